The first kappa shape index (κ1) is 25.6. The molecule has 34 heavy (non-hydrogen) atoms. The Hall–Kier alpha value is -3.01. The first-order valence-corrected chi connectivity index (χ1v) is 12.4. The van der Waals surface area contributed by atoms with Gasteiger partial charge in [-0.1, -0.05) is 57.9 Å². The van der Waals surface area contributed by atoms with E-state index in [2.05, 4.69) is 39.0 Å². The molecule has 0 aromatic heterocycles. The van der Waals surface area contributed by atoms with E-state index >= 15 is 0 Å². The second kappa shape index (κ2) is 13.0. The van der Waals surface area contributed by atoms with Gasteiger partial charge < -0.3 is 14.2 Å². The highest BCUT2D eigenvalue weighted by Gasteiger charge is 2.14. The topological polar surface area (TPSA) is 27.7 Å². The molecule has 0 N–H and O–H groups in total. The Morgan fingerprint density at radius 3 is 2.41 bits per heavy atom. The van der Waals surface area contributed by atoms with Crippen LogP contribution in [-0.4, -0.2) is 13.7 Å². The summed E-state index contributed by atoms with van der Waals surface area (Å²) in [5.41, 5.74) is 3.48. The predicted octanol–water partition coefficient (Wildman–Crippen LogP) is 8.55. The van der Waals surface area contributed by atoms with Gasteiger partial charge in [0.05, 0.1) is 13.7 Å². The molecular formula is C30H37FO3. The van der Waals surface area contributed by atoms with Gasteiger partial charge in [0.25, 0.3) is 0 Å². The van der Waals surface area contributed by atoms with Crippen LogP contribution in [0.2, 0.25) is 0 Å². The van der Waals surface area contributed by atoms with E-state index in [1.807, 2.05) is 24.3 Å². The molecule has 0 heterocycles. The van der Waals surface area contributed by atoms with Crippen molar-refractivity contribution in [2.75, 3.05) is 13.7 Å². The monoisotopic (exact) mass is 464 g/mol. The number of methoxy groups -OCH3 is 1. The van der Waals surface area contributed by atoms with Crippen LogP contribution in [0.15, 0.2) is 60.7 Å². The average Bonchev–Trinajstić information content (AvgIpc) is 2.87. The molecule has 1 atom stereocenters. The molecule has 4 heteroatoms. The molecule has 3 aromatic carbocycles. The zero-order chi connectivity index (χ0) is 24.3. The van der Waals surface area contributed by atoms with Gasteiger partial charge in [0.2, 0.25) is 0 Å². The van der Waals surface area contributed by atoms with Crippen molar-refractivity contribution in [3.8, 4) is 28.4 Å². The maximum atomic E-state index is 14.7. The third-order valence-corrected chi connectivity index (χ3v) is 6.13. The maximum Gasteiger partial charge on any atom is 0.131 e. The summed E-state index contributed by atoms with van der Waals surface area (Å²) in [5.74, 6) is 2.38. The van der Waals surface area contributed by atoms with E-state index in [9.17, 15) is 4.39 Å². The Kier molecular flexibility index (Phi) is 9.81. The number of benzene rings is 3. The molecule has 3 nitrogen and oxygen atoms in total. The van der Waals surface area contributed by atoms with Gasteiger partial charge in [-0.3, -0.25) is 0 Å². The Bertz CT molecular complexity index is 1050. The highest BCUT2D eigenvalue weighted by Crippen LogP contribution is 2.35. The van der Waals surface area contributed by atoms with Crippen molar-refractivity contribution in [3.05, 3.63) is 77.6 Å². The maximum absolute atomic E-state index is 14.7. The zero-order valence-electron chi connectivity index (χ0n) is 20.9. The lowest BCUT2D eigenvalue weighted by Crippen LogP contribution is -2.02. The number of ether oxygens (including phenoxy) is 3. The van der Waals surface area contributed by atoms with E-state index in [-0.39, 0.29) is 5.82 Å². The third-order valence-electron chi connectivity index (χ3n) is 6.13. The van der Waals surface area contributed by atoms with Crippen LogP contribution in [0.3, 0.4) is 0 Å². The van der Waals surface area contributed by atoms with E-state index in [0.717, 1.165) is 30.6 Å². The minimum absolute atomic E-state index is 0.306. The minimum atomic E-state index is -0.306. The van der Waals surface area contributed by atoms with E-state index in [4.69, 9.17) is 14.2 Å². The van der Waals surface area contributed by atoms with Gasteiger partial charge in [-0.2, -0.15) is 0 Å². The highest BCUT2D eigenvalue weighted by atomic mass is 19.1. The van der Waals surface area contributed by atoms with Crippen LogP contribution >= 0.6 is 0 Å². The van der Waals surface area contributed by atoms with Crippen LogP contribution in [0.25, 0.3) is 11.1 Å². The molecule has 0 aliphatic heterocycles. The zero-order valence-corrected chi connectivity index (χ0v) is 20.9. The number of hydrogen-bond donors (Lipinski definition) is 0. The van der Waals surface area contributed by atoms with Crippen molar-refractivity contribution >= 4 is 0 Å². The number of unbranched alkanes of at least 4 members (excludes halogenated alkanes) is 1. The van der Waals surface area contributed by atoms with Crippen molar-refractivity contribution in [2.24, 2.45) is 0 Å². The Morgan fingerprint density at radius 2 is 1.68 bits per heavy atom. The summed E-state index contributed by atoms with van der Waals surface area (Å²) >= 11 is 0. The second-order valence-corrected chi connectivity index (χ2v) is 8.63. The van der Waals surface area contributed by atoms with E-state index in [1.54, 1.807) is 19.2 Å². The summed E-state index contributed by atoms with van der Waals surface area (Å²) in [7, 11) is 1.58. The SMILES string of the molecule is CCCCOc1cc(COc2cccc([C@@H](CC)CCC)c2)ccc1-c1cc(OC)ccc1F. The molecule has 0 aliphatic rings. The Labute approximate surface area is 203 Å². The number of hydrogen-bond acceptors (Lipinski definition) is 3. The average molecular weight is 465 g/mol. The van der Waals surface area contributed by atoms with Crippen molar-refractivity contribution in [1.82, 2.24) is 0 Å². The van der Waals surface area contributed by atoms with Crippen LogP contribution in [0, 0.1) is 5.82 Å². The third kappa shape index (κ3) is 6.75. The minimum Gasteiger partial charge on any atom is -0.497 e. The fourth-order valence-corrected chi connectivity index (χ4v) is 4.14. The second-order valence-electron chi connectivity index (χ2n) is 8.63. The molecule has 0 unspecified atom stereocenters. The Morgan fingerprint density at radius 1 is 0.824 bits per heavy atom. The van der Waals surface area contributed by atoms with Crippen LogP contribution in [0.1, 0.15) is 69.9 Å². The highest BCUT2D eigenvalue weighted by molar-refractivity contribution is 5.72. The van der Waals surface area contributed by atoms with Crippen LogP contribution in [0.5, 0.6) is 17.2 Å². The van der Waals surface area contributed by atoms with Crippen molar-refractivity contribution in [3.63, 3.8) is 0 Å². The van der Waals surface area contributed by atoms with Crippen LogP contribution in [0.4, 0.5) is 4.39 Å². The summed E-state index contributed by atoms with van der Waals surface area (Å²) in [6, 6.07) is 19.0. The summed E-state index contributed by atoms with van der Waals surface area (Å²) < 4.78 is 32.2. The molecule has 0 spiro atoms. The Balaban J connectivity index is 1.83. The summed E-state index contributed by atoms with van der Waals surface area (Å²) in [6.45, 7) is 7.58. The fraction of sp³-hybridized carbons (Fsp3) is 0.400. The van der Waals surface area contributed by atoms with Gasteiger partial charge in [-0.15, -0.1) is 0 Å². The number of halogens is 1. The standard InChI is InChI=1S/C30H37FO3/c1-5-8-17-33-30-18-22(13-15-27(30)28-20-25(32-4)14-16-29(28)31)21-34-26-12-9-11-24(19-26)23(7-3)10-6-2/h9,11-16,18-20,23H,5-8,10,17,21H2,1-4H3/t23-/m0/s1. The molecule has 0 saturated heterocycles. The van der Waals surface area contributed by atoms with Crippen molar-refractivity contribution < 1.29 is 18.6 Å². The molecule has 0 aliphatic carbocycles. The van der Waals surface area contributed by atoms with Gasteiger partial charge in [0.15, 0.2) is 0 Å². The fourth-order valence-electron chi connectivity index (χ4n) is 4.14. The molecule has 0 bridgehead atoms. The normalized spacial score (nSPS) is 11.8. The summed E-state index contributed by atoms with van der Waals surface area (Å²) in [5, 5.41) is 0. The smallest absolute Gasteiger partial charge is 0.131 e. The summed E-state index contributed by atoms with van der Waals surface area (Å²) in [4.78, 5) is 0. The van der Waals surface area contributed by atoms with Crippen molar-refractivity contribution in [2.45, 2.75) is 65.4 Å². The van der Waals surface area contributed by atoms with Crippen LogP contribution < -0.4 is 14.2 Å². The summed E-state index contributed by atoms with van der Waals surface area (Å²) in [6.07, 6.45) is 5.44. The molecule has 0 radical (unpaired) electrons. The van der Waals surface area contributed by atoms with Gasteiger partial charge in [0, 0.05) is 11.1 Å². The lowest BCUT2D eigenvalue weighted by atomic mass is 9.92. The van der Waals surface area contributed by atoms with E-state index in [1.165, 1.54) is 24.5 Å². The lowest BCUT2D eigenvalue weighted by Gasteiger charge is -2.17. The van der Waals surface area contributed by atoms with Crippen molar-refractivity contribution in [1.29, 1.82) is 0 Å². The molecule has 0 fully saturated rings. The van der Waals surface area contributed by atoms with Crippen LogP contribution in [-0.2, 0) is 6.61 Å². The van der Waals surface area contributed by atoms with Gasteiger partial charge in [0.1, 0.15) is 29.7 Å². The van der Waals surface area contributed by atoms with Gasteiger partial charge >= 0.3 is 0 Å². The predicted molar refractivity (Wildman–Crippen MR) is 138 cm³/mol. The first-order valence-electron chi connectivity index (χ1n) is 12.4. The largest absolute Gasteiger partial charge is 0.497 e. The van der Waals surface area contributed by atoms with E-state index in [0.29, 0.717) is 41.8 Å². The van der Waals surface area contributed by atoms with Gasteiger partial charge in [-0.25, -0.2) is 4.39 Å². The molecular weight excluding hydrogens is 427 g/mol. The first-order chi connectivity index (χ1) is 16.6. The molecule has 3 aromatic rings. The quantitative estimate of drug-likeness (QED) is 0.237. The number of rotatable bonds is 13. The molecule has 182 valence electrons. The molecule has 3 rings (SSSR count). The van der Waals surface area contributed by atoms with E-state index < -0.39 is 0 Å². The molecule has 0 saturated carbocycles. The van der Waals surface area contributed by atoms with Gasteiger partial charge in [-0.05, 0) is 72.7 Å². The lowest BCUT2D eigenvalue weighted by molar-refractivity contribution is 0.298. The molecule has 0 amide bonds.